The molecule has 0 aromatic heterocycles. The fourth-order valence-electron chi connectivity index (χ4n) is 1.99. The lowest BCUT2D eigenvalue weighted by atomic mass is 9.89. The number of rotatable bonds is 4. The van der Waals surface area contributed by atoms with Crippen molar-refractivity contribution < 1.29 is 4.74 Å². The van der Waals surface area contributed by atoms with Crippen LogP contribution < -0.4 is 5.32 Å². The monoisotopic (exact) mass is 205 g/mol. The molecule has 0 atom stereocenters. The Hall–Kier alpha value is -0.860. The maximum Gasteiger partial charge on any atom is 0.0601 e. The zero-order valence-electron chi connectivity index (χ0n) is 9.49. The molecule has 0 bridgehead atoms. The van der Waals surface area contributed by atoms with Gasteiger partial charge in [-0.15, -0.1) is 0 Å². The highest BCUT2D eigenvalue weighted by atomic mass is 16.5. The lowest BCUT2D eigenvalue weighted by molar-refractivity contribution is 0.0170. The van der Waals surface area contributed by atoms with Gasteiger partial charge in [0.1, 0.15) is 0 Å². The van der Waals surface area contributed by atoms with Crippen molar-refractivity contribution in [1.82, 2.24) is 5.32 Å². The van der Waals surface area contributed by atoms with E-state index in [1.54, 1.807) is 7.11 Å². The molecule has 0 radical (unpaired) electrons. The van der Waals surface area contributed by atoms with Crippen molar-refractivity contribution in [2.45, 2.75) is 38.5 Å². The molecule has 0 saturated heterocycles. The Balaban J connectivity index is 1.77. The SMILES string of the molecule is COC1CC(NCc2ccccc2C)C1. The van der Waals surface area contributed by atoms with Crippen molar-refractivity contribution in [3.8, 4) is 0 Å². The van der Waals surface area contributed by atoms with E-state index in [2.05, 4.69) is 36.5 Å². The Morgan fingerprint density at radius 2 is 2.07 bits per heavy atom. The summed E-state index contributed by atoms with van der Waals surface area (Å²) in [6.07, 6.45) is 2.80. The van der Waals surface area contributed by atoms with Crippen LogP contribution in [0.3, 0.4) is 0 Å². The summed E-state index contributed by atoms with van der Waals surface area (Å²) in [6, 6.07) is 9.19. The second-order valence-corrected chi connectivity index (χ2v) is 4.33. The minimum Gasteiger partial charge on any atom is -0.381 e. The van der Waals surface area contributed by atoms with E-state index in [-0.39, 0.29) is 0 Å². The third-order valence-electron chi connectivity index (χ3n) is 3.27. The van der Waals surface area contributed by atoms with E-state index < -0.39 is 0 Å². The smallest absolute Gasteiger partial charge is 0.0601 e. The number of hydrogen-bond donors (Lipinski definition) is 1. The second-order valence-electron chi connectivity index (χ2n) is 4.33. The van der Waals surface area contributed by atoms with E-state index >= 15 is 0 Å². The van der Waals surface area contributed by atoms with Gasteiger partial charge in [0.25, 0.3) is 0 Å². The summed E-state index contributed by atoms with van der Waals surface area (Å²) < 4.78 is 5.25. The molecule has 1 N–H and O–H groups in total. The van der Waals surface area contributed by atoms with E-state index in [0.717, 1.165) is 19.4 Å². The summed E-state index contributed by atoms with van der Waals surface area (Å²) in [4.78, 5) is 0. The number of benzene rings is 1. The molecule has 1 aromatic carbocycles. The first-order valence-corrected chi connectivity index (χ1v) is 5.60. The van der Waals surface area contributed by atoms with Crippen LogP contribution >= 0.6 is 0 Å². The van der Waals surface area contributed by atoms with Crippen LogP contribution in [0.25, 0.3) is 0 Å². The Labute approximate surface area is 91.6 Å². The molecule has 0 aliphatic heterocycles. The van der Waals surface area contributed by atoms with Gasteiger partial charge in [0.15, 0.2) is 0 Å². The maximum absolute atomic E-state index is 5.25. The number of ether oxygens (including phenoxy) is 1. The average molecular weight is 205 g/mol. The van der Waals surface area contributed by atoms with E-state index in [1.807, 2.05) is 0 Å². The van der Waals surface area contributed by atoms with Gasteiger partial charge in [-0.2, -0.15) is 0 Å². The van der Waals surface area contributed by atoms with Crippen molar-refractivity contribution in [3.05, 3.63) is 35.4 Å². The van der Waals surface area contributed by atoms with Gasteiger partial charge >= 0.3 is 0 Å². The molecule has 15 heavy (non-hydrogen) atoms. The van der Waals surface area contributed by atoms with Crippen LogP contribution in [0.1, 0.15) is 24.0 Å². The first-order valence-electron chi connectivity index (χ1n) is 5.60. The predicted molar refractivity (Wildman–Crippen MR) is 61.8 cm³/mol. The standard InChI is InChI=1S/C13H19NO/c1-10-5-3-4-6-11(10)9-14-12-7-13(8-12)15-2/h3-6,12-14H,7-9H2,1-2H3. The summed E-state index contributed by atoms with van der Waals surface area (Å²) in [5.74, 6) is 0. The summed E-state index contributed by atoms with van der Waals surface area (Å²) >= 11 is 0. The number of methoxy groups -OCH3 is 1. The molecule has 1 fully saturated rings. The highest BCUT2D eigenvalue weighted by Crippen LogP contribution is 2.22. The molecule has 0 amide bonds. The van der Waals surface area contributed by atoms with Crippen molar-refractivity contribution in [2.24, 2.45) is 0 Å². The first kappa shape index (κ1) is 10.7. The third kappa shape index (κ3) is 2.58. The van der Waals surface area contributed by atoms with Gasteiger partial charge in [-0.1, -0.05) is 24.3 Å². The molecule has 1 saturated carbocycles. The minimum atomic E-state index is 0.486. The van der Waals surface area contributed by atoms with Crippen molar-refractivity contribution in [3.63, 3.8) is 0 Å². The summed E-state index contributed by atoms with van der Waals surface area (Å²) in [7, 11) is 1.79. The Morgan fingerprint density at radius 3 is 2.73 bits per heavy atom. The molecular formula is C13H19NO. The van der Waals surface area contributed by atoms with Gasteiger partial charge in [0.05, 0.1) is 6.10 Å². The van der Waals surface area contributed by atoms with Crippen LogP contribution in [-0.4, -0.2) is 19.3 Å². The Morgan fingerprint density at radius 1 is 1.33 bits per heavy atom. The normalized spacial score (nSPS) is 24.9. The molecule has 0 spiro atoms. The number of hydrogen-bond acceptors (Lipinski definition) is 2. The zero-order chi connectivity index (χ0) is 10.7. The molecule has 0 unspecified atom stereocenters. The highest BCUT2D eigenvalue weighted by molar-refractivity contribution is 5.25. The number of aryl methyl sites for hydroxylation is 1. The molecule has 2 rings (SSSR count). The van der Waals surface area contributed by atoms with Crippen LogP contribution in [0.15, 0.2) is 24.3 Å². The molecule has 1 aliphatic rings. The summed E-state index contributed by atoms with van der Waals surface area (Å²) in [5, 5.41) is 3.56. The van der Waals surface area contributed by atoms with Gasteiger partial charge in [-0.3, -0.25) is 0 Å². The van der Waals surface area contributed by atoms with Crippen molar-refractivity contribution >= 4 is 0 Å². The topological polar surface area (TPSA) is 21.3 Å². The van der Waals surface area contributed by atoms with Gasteiger partial charge < -0.3 is 10.1 Å². The molecule has 82 valence electrons. The van der Waals surface area contributed by atoms with Gasteiger partial charge in [0.2, 0.25) is 0 Å². The van der Waals surface area contributed by atoms with Crippen LogP contribution in [0.5, 0.6) is 0 Å². The lowest BCUT2D eigenvalue weighted by Gasteiger charge is -2.34. The highest BCUT2D eigenvalue weighted by Gasteiger charge is 2.28. The van der Waals surface area contributed by atoms with Crippen molar-refractivity contribution in [1.29, 1.82) is 0 Å². The van der Waals surface area contributed by atoms with Gasteiger partial charge in [-0.25, -0.2) is 0 Å². The van der Waals surface area contributed by atoms with Gasteiger partial charge in [0, 0.05) is 19.7 Å². The Bertz CT molecular complexity index is 318. The van der Waals surface area contributed by atoms with Gasteiger partial charge in [-0.05, 0) is 30.9 Å². The van der Waals surface area contributed by atoms with Crippen LogP contribution in [-0.2, 0) is 11.3 Å². The largest absolute Gasteiger partial charge is 0.381 e. The molecule has 1 aromatic rings. The molecule has 0 heterocycles. The second kappa shape index (κ2) is 4.77. The summed E-state index contributed by atoms with van der Waals surface area (Å²) in [5.41, 5.74) is 2.77. The van der Waals surface area contributed by atoms with Crippen molar-refractivity contribution in [2.75, 3.05) is 7.11 Å². The zero-order valence-corrected chi connectivity index (χ0v) is 9.49. The van der Waals surface area contributed by atoms with Crippen LogP contribution in [0.4, 0.5) is 0 Å². The van der Waals surface area contributed by atoms with E-state index in [1.165, 1.54) is 11.1 Å². The number of nitrogens with one attached hydrogen (secondary N) is 1. The quantitative estimate of drug-likeness (QED) is 0.814. The molecule has 1 aliphatic carbocycles. The maximum atomic E-state index is 5.25. The predicted octanol–water partition coefficient (Wildman–Crippen LogP) is 2.26. The van der Waals surface area contributed by atoms with E-state index in [9.17, 15) is 0 Å². The molecule has 2 nitrogen and oxygen atoms in total. The average Bonchev–Trinajstić information content (AvgIpc) is 2.18. The van der Waals surface area contributed by atoms with E-state index in [4.69, 9.17) is 4.74 Å². The first-order chi connectivity index (χ1) is 7.29. The fourth-order valence-corrected chi connectivity index (χ4v) is 1.99. The molecular weight excluding hydrogens is 186 g/mol. The third-order valence-corrected chi connectivity index (χ3v) is 3.27. The van der Waals surface area contributed by atoms with E-state index in [0.29, 0.717) is 12.1 Å². The Kier molecular flexibility index (Phi) is 3.39. The van der Waals surface area contributed by atoms with Crippen LogP contribution in [0.2, 0.25) is 0 Å². The molecule has 2 heteroatoms. The fraction of sp³-hybridized carbons (Fsp3) is 0.538. The lowest BCUT2D eigenvalue weighted by Crippen LogP contribution is -2.44. The minimum absolute atomic E-state index is 0.486. The van der Waals surface area contributed by atoms with Crippen LogP contribution in [0, 0.1) is 6.92 Å². The summed E-state index contributed by atoms with van der Waals surface area (Å²) in [6.45, 7) is 3.14.